The lowest BCUT2D eigenvalue weighted by molar-refractivity contribution is -0.113. The van der Waals surface area contributed by atoms with E-state index in [0.29, 0.717) is 12.1 Å². The van der Waals surface area contributed by atoms with Crippen LogP contribution in [0, 0.1) is 0 Å². The Morgan fingerprint density at radius 2 is 1.75 bits per heavy atom. The third-order valence-corrected chi connectivity index (χ3v) is 3.33. The fourth-order valence-electron chi connectivity index (χ4n) is 2.43. The fourth-order valence-corrected chi connectivity index (χ4v) is 2.43. The molecule has 1 heterocycles. The fraction of sp³-hybridized carbons (Fsp3) is 0.0588. The van der Waals surface area contributed by atoms with Gasteiger partial charge < -0.3 is 10.6 Å². The molecule has 2 aromatic rings. The summed E-state index contributed by atoms with van der Waals surface area (Å²) in [6.45, 7) is 0.548. The number of fused-ring (bicyclic) bond motifs is 1. The van der Waals surface area contributed by atoms with Crippen LogP contribution >= 0.6 is 0 Å². The average molecular weight is 262 g/mol. The van der Waals surface area contributed by atoms with Gasteiger partial charge in [-0.1, -0.05) is 54.3 Å². The molecule has 0 fully saturated rings. The summed E-state index contributed by atoms with van der Waals surface area (Å²) in [7, 11) is 0. The van der Waals surface area contributed by atoms with Crippen molar-refractivity contribution in [3.8, 4) is 0 Å². The number of amides is 1. The van der Waals surface area contributed by atoms with Crippen LogP contribution in [0.2, 0.25) is 0 Å². The molecule has 0 aromatic heterocycles. The first kappa shape index (κ1) is 12.3. The van der Waals surface area contributed by atoms with Gasteiger partial charge in [-0.2, -0.15) is 0 Å². The zero-order chi connectivity index (χ0) is 13.9. The number of anilines is 1. The van der Waals surface area contributed by atoms with Crippen molar-refractivity contribution >= 4 is 17.2 Å². The Morgan fingerprint density at radius 1 is 1.05 bits per heavy atom. The molecule has 1 aliphatic rings. The largest absolute Gasteiger partial charge is 0.398 e. The minimum atomic E-state index is -0.0586. The molecule has 0 bridgehead atoms. The van der Waals surface area contributed by atoms with Crippen LogP contribution in [0.4, 0.5) is 5.69 Å². The molecule has 0 saturated carbocycles. The lowest BCUT2D eigenvalue weighted by Crippen LogP contribution is -2.25. The Hall–Kier alpha value is -2.77. The van der Waals surface area contributed by atoms with Crippen LogP contribution in [0.15, 0.2) is 66.5 Å². The van der Waals surface area contributed by atoms with Gasteiger partial charge in [-0.3, -0.25) is 4.79 Å². The lowest BCUT2D eigenvalue weighted by Gasteiger charge is -2.16. The molecule has 98 valence electrons. The van der Waals surface area contributed by atoms with Crippen LogP contribution in [0.25, 0.3) is 5.57 Å². The SMILES string of the molecule is NC=C=C1C(=O)N(Cc2ccccc2)c2ccccc21. The average Bonchev–Trinajstić information content (AvgIpc) is 2.75. The highest BCUT2D eigenvalue weighted by atomic mass is 16.2. The van der Waals surface area contributed by atoms with Crippen molar-refractivity contribution < 1.29 is 4.79 Å². The van der Waals surface area contributed by atoms with E-state index in [9.17, 15) is 4.79 Å². The normalized spacial score (nSPS) is 13.1. The summed E-state index contributed by atoms with van der Waals surface area (Å²) in [6, 6.07) is 17.6. The second kappa shape index (κ2) is 5.08. The van der Waals surface area contributed by atoms with Gasteiger partial charge in [0.2, 0.25) is 0 Å². The van der Waals surface area contributed by atoms with Crippen LogP contribution in [0.1, 0.15) is 11.1 Å². The second-order valence-corrected chi connectivity index (χ2v) is 4.58. The van der Waals surface area contributed by atoms with Gasteiger partial charge in [-0.25, -0.2) is 0 Å². The van der Waals surface area contributed by atoms with Crippen molar-refractivity contribution in [2.24, 2.45) is 5.73 Å². The van der Waals surface area contributed by atoms with Crippen molar-refractivity contribution in [3.63, 3.8) is 0 Å². The molecule has 0 atom stereocenters. The van der Waals surface area contributed by atoms with E-state index in [4.69, 9.17) is 5.73 Å². The Labute approximate surface area is 117 Å². The lowest BCUT2D eigenvalue weighted by atomic mass is 10.1. The molecule has 1 amide bonds. The molecule has 3 rings (SSSR count). The van der Waals surface area contributed by atoms with E-state index in [1.54, 1.807) is 4.90 Å². The van der Waals surface area contributed by atoms with Crippen molar-refractivity contribution in [2.75, 3.05) is 4.90 Å². The van der Waals surface area contributed by atoms with Gasteiger partial charge in [0.15, 0.2) is 0 Å². The maximum Gasteiger partial charge on any atom is 0.267 e. The summed E-state index contributed by atoms with van der Waals surface area (Å²) in [6.07, 6.45) is 1.29. The van der Waals surface area contributed by atoms with E-state index in [1.165, 1.54) is 6.20 Å². The van der Waals surface area contributed by atoms with Crippen LogP contribution in [-0.2, 0) is 11.3 Å². The maximum absolute atomic E-state index is 12.5. The van der Waals surface area contributed by atoms with E-state index < -0.39 is 0 Å². The van der Waals surface area contributed by atoms with Gasteiger partial charge in [-0.05, 0) is 11.6 Å². The molecule has 0 saturated heterocycles. The zero-order valence-corrected chi connectivity index (χ0v) is 10.9. The third kappa shape index (κ3) is 2.00. The number of hydrogen-bond acceptors (Lipinski definition) is 2. The summed E-state index contributed by atoms with van der Waals surface area (Å²) in [5, 5.41) is 0. The first-order valence-corrected chi connectivity index (χ1v) is 6.43. The Morgan fingerprint density at radius 3 is 2.50 bits per heavy atom. The standard InChI is InChI=1S/C17H14N2O/c18-11-10-15-14-8-4-5-9-16(14)19(17(15)20)12-13-6-2-1-3-7-13/h1-9,11H,12,18H2. The van der Waals surface area contributed by atoms with E-state index in [1.807, 2.05) is 54.6 Å². The number of nitrogens with zero attached hydrogens (tertiary/aromatic N) is 1. The monoisotopic (exact) mass is 262 g/mol. The molecule has 3 heteroatoms. The molecule has 0 aliphatic carbocycles. The molecular formula is C17H14N2O. The van der Waals surface area contributed by atoms with Crippen LogP contribution in [-0.4, -0.2) is 5.91 Å². The molecular weight excluding hydrogens is 248 g/mol. The molecule has 20 heavy (non-hydrogen) atoms. The molecule has 0 radical (unpaired) electrons. The minimum absolute atomic E-state index is 0.0586. The van der Waals surface area contributed by atoms with Crippen LogP contribution < -0.4 is 10.6 Å². The molecule has 2 aromatic carbocycles. The van der Waals surface area contributed by atoms with E-state index in [-0.39, 0.29) is 5.91 Å². The van der Waals surface area contributed by atoms with Crippen LogP contribution in [0.5, 0.6) is 0 Å². The van der Waals surface area contributed by atoms with Crippen molar-refractivity contribution in [1.82, 2.24) is 0 Å². The maximum atomic E-state index is 12.5. The van der Waals surface area contributed by atoms with Crippen molar-refractivity contribution in [2.45, 2.75) is 6.54 Å². The molecule has 0 unspecified atom stereocenters. The highest BCUT2D eigenvalue weighted by Gasteiger charge is 2.31. The Balaban J connectivity index is 2.05. The summed E-state index contributed by atoms with van der Waals surface area (Å²) in [5.41, 5.74) is 11.7. The highest BCUT2D eigenvalue weighted by molar-refractivity contribution is 6.32. The third-order valence-electron chi connectivity index (χ3n) is 3.33. The number of para-hydroxylation sites is 1. The van der Waals surface area contributed by atoms with E-state index in [2.05, 4.69) is 5.73 Å². The number of carbonyl (C=O) groups is 1. The summed E-state index contributed by atoms with van der Waals surface area (Å²) < 4.78 is 0. The second-order valence-electron chi connectivity index (χ2n) is 4.58. The first-order valence-electron chi connectivity index (χ1n) is 6.43. The number of rotatable bonds is 2. The first-order chi connectivity index (χ1) is 9.81. The van der Waals surface area contributed by atoms with E-state index in [0.717, 1.165) is 16.8 Å². The van der Waals surface area contributed by atoms with Gasteiger partial charge in [0.1, 0.15) is 0 Å². The predicted octanol–water partition coefficient (Wildman–Crippen LogP) is 2.69. The molecule has 1 aliphatic heterocycles. The smallest absolute Gasteiger partial charge is 0.267 e. The zero-order valence-electron chi connectivity index (χ0n) is 10.9. The number of benzene rings is 2. The van der Waals surface area contributed by atoms with Gasteiger partial charge in [0.05, 0.1) is 17.8 Å². The molecule has 2 N–H and O–H groups in total. The van der Waals surface area contributed by atoms with E-state index >= 15 is 0 Å². The quantitative estimate of drug-likeness (QED) is 0.668. The summed E-state index contributed by atoms with van der Waals surface area (Å²) in [4.78, 5) is 14.3. The predicted molar refractivity (Wildman–Crippen MR) is 79.8 cm³/mol. The Bertz CT molecular complexity index is 713. The van der Waals surface area contributed by atoms with Crippen molar-refractivity contribution in [1.29, 1.82) is 0 Å². The van der Waals surface area contributed by atoms with Gasteiger partial charge in [0.25, 0.3) is 5.91 Å². The number of carbonyl (C=O) groups excluding carboxylic acids is 1. The molecule has 0 spiro atoms. The van der Waals surface area contributed by atoms with Crippen LogP contribution in [0.3, 0.4) is 0 Å². The Kier molecular flexibility index (Phi) is 3.12. The minimum Gasteiger partial charge on any atom is -0.398 e. The summed E-state index contributed by atoms with van der Waals surface area (Å²) >= 11 is 0. The highest BCUT2D eigenvalue weighted by Crippen LogP contribution is 2.36. The molecule has 3 nitrogen and oxygen atoms in total. The van der Waals surface area contributed by atoms with Gasteiger partial charge >= 0.3 is 0 Å². The van der Waals surface area contributed by atoms with Crippen molar-refractivity contribution in [3.05, 3.63) is 77.7 Å². The number of nitrogens with two attached hydrogens (primary N) is 1. The van der Waals surface area contributed by atoms with Gasteiger partial charge in [-0.15, -0.1) is 0 Å². The van der Waals surface area contributed by atoms with Gasteiger partial charge in [0, 0.05) is 11.8 Å². The number of hydrogen-bond donors (Lipinski definition) is 1. The topological polar surface area (TPSA) is 46.3 Å². The summed E-state index contributed by atoms with van der Waals surface area (Å²) in [5.74, 6) is -0.0586.